The summed E-state index contributed by atoms with van der Waals surface area (Å²) in [5.74, 6) is -0.0749. The maximum Gasteiger partial charge on any atom is 0.323 e. The van der Waals surface area contributed by atoms with E-state index in [0.29, 0.717) is 12.6 Å². The Kier molecular flexibility index (Phi) is 5.05. The Hall–Kier alpha value is -0.610. The van der Waals surface area contributed by atoms with Gasteiger partial charge in [0, 0.05) is 25.7 Å². The predicted molar refractivity (Wildman–Crippen MR) is 59.7 cm³/mol. The maximum atomic E-state index is 11.7. The van der Waals surface area contributed by atoms with Crippen molar-refractivity contribution in [2.24, 2.45) is 0 Å². The molecule has 4 nitrogen and oxygen atoms in total. The van der Waals surface area contributed by atoms with Crippen LogP contribution in [-0.4, -0.2) is 49.2 Å². The van der Waals surface area contributed by atoms with E-state index >= 15 is 0 Å². The monoisotopic (exact) mass is 214 g/mol. The average molecular weight is 214 g/mol. The fourth-order valence-electron chi connectivity index (χ4n) is 2.06. The summed E-state index contributed by atoms with van der Waals surface area (Å²) < 4.78 is 5.08. The molecule has 1 rings (SSSR count). The molecule has 0 spiro atoms. The van der Waals surface area contributed by atoms with Crippen LogP contribution >= 0.6 is 0 Å². The van der Waals surface area contributed by atoms with Gasteiger partial charge < -0.3 is 10.1 Å². The van der Waals surface area contributed by atoms with Crippen LogP contribution in [0.4, 0.5) is 0 Å². The van der Waals surface area contributed by atoms with Crippen LogP contribution in [0.25, 0.3) is 0 Å². The number of hydrogen-bond acceptors (Lipinski definition) is 4. The van der Waals surface area contributed by atoms with Crippen LogP contribution in [-0.2, 0) is 9.53 Å². The number of esters is 1. The van der Waals surface area contributed by atoms with E-state index in [4.69, 9.17) is 4.74 Å². The van der Waals surface area contributed by atoms with Crippen molar-refractivity contribution in [2.75, 3.05) is 26.2 Å². The van der Waals surface area contributed by atoms with Crippen LogP contribution in [0, 0.1) is 0 Å². The minimum atomic E-state index is -0.0749. The molecule has 1 fully saturated rings. The molecule has 0 bridgehead atoms. The summed E-state index contributed by atoms with van der Waals surface area (Å²) in [6.07, 6.45) is 0.825. The first-order chi connectivity index (χ1) is 7.19. The van der Waals surface area contributed by atoms with Gasteiger partial charge in [0.1, 0.15) is 6.04 Å². The highest BCUT2D eigenvalue weighted by Gasteiger charge is 2.28. The predicted octanol–water partition coefficient (Wildman–Crippen LogP) is 0.622. The molecule has 0 radical (unpaired) electrons. The smallest absolute Gasteiger partial charge is 0.323 e. The van der Waals surface area contributed by atoms with Gasteiger partial charge in [-0.1, -0.05) is 6.92 Å². The molecule has 1 heterocycles. The van der Waals surface area contributed by atoms with E-state index in [0.717, 1.165) is 26.1 Å². The molecule has 0 saturated carbocycles. The highest BCUT2D eigenvalue weighted by atomic mass is 16.5. The minimum Gasteiger partial charge on any atom is -0.465 e. The first-order valence-electron chi connectivity index (χ1n) is 5.83. The Morgan fingerprint density at radius 3 is 2.87 bits per heavy atom. The fourth-order valence-corrected chi connectivity index (χ4v) is 2.06. The van der Waals surface area contributed by atoms with E-state index in [-0.39, 0.29) is 12.0 Å². The van der Waals surface area contributed by atoms with Crippen LogP contribution < -0.4 is 5.32 Å². The van der Waals surface area contributed by atoms with Crippen LogP contribution in [0.1, 0.15) is 27.2 Å². The lowest BCUT2D eigenvalue weighted by atomic mass is 10.1. The van der Waals surface area contributed by atoms with Crippen LogP contribution in [0.15, 0.2) is 0 Å². The molecule has 88 valence electrons. The Morgan fingerprint density at radius 2 is 2.33 bits per heavy atom. The minimum absolute atomic E-state index is 0.0606. The Balaban J connectivity index is 2.52. The molecule has 1 saturated heterocycles. The van der Waals surface area contributed by atoms with Gasteiger partial charge in [0.25, 0.3) is 0 Å². The molecule has 2 unspecified atom stereocenters. The van der Waals surface area contributed by atoms with Gasteiger partial charge >= 0.3 is 5.97 Å². The van der Waals surface area contributed by atoms with E-state index in [2.05, 4.69) is 17.1 Å². The number of nitrogens with one attached hydrogen (secondary N) is 1. The highest BCUT2D eigenvalue weighted by molar-refractivity contribution is 5.75. The number of ether oxygens (including phenoxy) is 1. The number of hydrogen-bond donors (Lipinski definition) is 1. The van der Waals surface area contributed by atoms with Gasteiger partial charge in [0.05, 0.1) is 6.61 Å². The Labute approximate surface area is 92.0 Å². The molecular formula is C11H22N2O2. The van der Waals surface area contributed by atoms with Crippen molar-refractivity contribution in [3.8, 4) is 0 Å². The van der Waals surface area contributed by atoms with Gasteiger partial charge in [-0.05, 0) is 20.3 Å². The van der Waals surface area contributed by atoms with Crippen molar-refractivity contribution in [1.82, 2.24) is 10.2 Å². The number of carbonyl (C=O) groups is 1. The Bertz CT molecular complexity index is 209. The summed E-state index contributed by atoms with van der Waals surface area (Å²) in [6, 6.07) is 0.400. The zero-order valence-electron chi connectivity index (χ0n) is 9.95. The first-order valence-corrected chi connectivity index (χ1v) is 5.83. The lowest BCUT2D eigenvalue weighted by molar-refractivity contribution is -0.150. The summed E-state index contributed by atoms with van der Waals surface area (Å²) in [5, 5.41) is 3.37. The van der Waals surface area contributed by atoms with Gasteiger partial charge in [-0.25, -0.2) is 0 Å². The van der Waals surface area contributed by atoms with E-state index in [9.17, 15) is 4.79 Å². The highest BCUT2D eigenvalue weighted by Crippen LogP contribution is 2.09. The van der Waals surface area contributed by atoms with E-state index in [1.165, 1.54) is 0 Å². The third-order valence-corrected chi connectivity index (χ3v) is 2.79. The second-order valence-corrected chi connectivity index (χ2v) is 4.03. The van der Waals surface area contributed by atoms with Crippen molar-refractivity contribution >= 4 is 5.97 Å². The average Bonchev–Trinajstić information content (AvgIpc) is 2.19. The van der Waals surface area contributed by atoms with Crippen molar-refractivity contribution in [3.05, 3.63) is 0 Å². The third kappa shape index (κ3) is 3.47. The maximum absolute atomic E-state index is 11.7. The lowest BCUT2D eigenvalue weighted by Gasteiger charge is -2.36. The molecular weight excluding hydrogens is 192 g/mol. The topological polar surface area (TPSA) is 41.6 Å². The van der Waals surface area contributed by atoms with E-state index in [1.807, 2.05) is 13.8 Å². The summed E-state index contributed by atoms with van der Waals surface area (Å²) in [5.41, 5.74) is 0. The molecule has 0 aromatic rings. The molecule has 1 aliphatic heterocycles. The normalized spacial score (nSPS) is 24.9. The molecule has 1 aliphatic rings. The van der Waals surface area contributed by atoms with E-state index < -0.39 is 0 Å². The van der Waals surface area contributed by atoms with Gasteiger partial charge in [0.15, 0.2) is 0 Å². The van der Waals surface area contributed by atoms with Gasteiger partial charge in [-0.3, -0.25) is 9.69 Å². The largest absolute Gasteiger partial charge is 0.465 e. The molecule has 0 aromatic carbocycles. The second-order valence-electron chi connectivity index (χ2n) is 4.03. The summed E-state index contributed by atoms with van der Waals surface area (Å²) >= 11 is 0. The van der Waals surface area contributed by atoms with Crippen molar-refractivity contribution in [1.29, 1.82) is 0 Å². The third-order valence-electron chi connectivity index (χ3n) is 2.79. The standard InChI is InChI=1S/C11H22N2O2/c1-4-10(11(14)15-5-2)13-7-6-12-9(3)8-13/h9-10,12H,4-8H2,1-3H3. The molecule has 4 heteroatoms. The SMILES string of the molecule is CCOC(=O)C(CC)N1CCNC(C)C1. The lowest BCUT2D eigenvalue weighted by Crippen LogP contribution is -2.55. The van der Waals surface area contributed by atoms with Crippen LogP contribution in [0.5, 0.6) is 0 Å². The number of rotatable bonds is 4. The molecule has 0 aliphatic carbocycles. The number of piperazine rings is 1. The molecule has 0 amide bonds. The molecule has 2 atom stereocenters. The van der Waals surface area contributed by atoms with Gasteiger partial charge in [-0.2, -0.15) is 0 Å². The zero-order chi connectivity index (χ0) is 11.3. The molecule has 0 aromatic heterocycles. The molecule has 1 N–H and O–H groups in total. The number of nitrogens with zero attached hydrogens (tertiary/aromatic N) is 1. The van der Waals surface area contributed by atoms with E-state index in [1.54, 1.807) is 0 Å². The Morgan fingerprint density at radius 1 is 1.60 bits per heavy atom. The van der Waals surface area contributed by atoms with Crippen LogP contribution in [0.2, 0.25) is 0 Å². The quantitative estimate of drug-likeness (QED) is 0.697. The van der Waals surface area contributed by atoms with Gasteiger partial charge in [0.2, 0.25) is 0 Å². The fraction of sp³-hybridized carbons (Fsp3) is 0.909. The van der Waals surface area contributed by atoms with Crippen molar-refractivity contribution in [2.45, 2.75) is 39.3 Å². The van der Waals surface area contributed by atoms with Gasteiger partial charge in [-0.15, -0.1) is 0 Å². The summed E-state index contributed by atoms with van der Waals surface area (Å²) in [4.78, 5) is 13.9. The summed E-state index contributed by atoms with van der Waals surface area (Å²) in [6.45, 7) is 9.32. The molecule has 15 heavy (non-hydrogen) atoms. The summed E-state index contributed by atoms with van der Waals surface area (Å²) in [7, 11) is 0. The first kappa shape index (κ1) is 12.5. The van der Waals surface area contributed by atoms with Crippen molar-refractivity contribution in [3.63, 3.8) is 0 Å². The zero-order valence-corrected chi connectivity index (χ0v) is 9.95. The van der Waals surface area contributed by atoms with Crippen molar-refractivity contribution < 1.29 is 9.53 Å². The second kappa shape index (κ2) is 6.08. The number of carbonyl (C=O) groups excluding carboxylic acids is 1. The van der Waals surface area contributed by atoms with Crippen LogP contribution in [0.3, 0.4) is 0 Å².